The Bertz CT molecular complexity index is 681. The molecule has 2 aromatic rings. The molecule has 0 bridgehead atoms. The molecule has 0 unspecified atom stereocenters. The number of nitrogens with zero attached hydrogens (tertiary/aromatic N) is 2. The number of nitrogens with one attached hydrogen (secondary N) is 1. The highest BCUT2D eigenvalue weighted by Crippen LogP contribution is 2.22. The van der Waals surface area contributed by atoms with E-state index < -0.39 is 0 Å². The summed E-state index contributed by atoms with van der Waals surface area (Å²) in [6.07, 6.45) is 9.79. The molecule has 0 spiro atoms. The summed E-state index contributed by atoms with van der Waals surface area (Å²) in [5, 5.41) is 3.55. The van der Waals surface area contributed by atoms with Crippen LogP contribution in [0.25, 0.3) is 0 Å². The smallest absolute Gasteiger partial charge is 0.255 e. The predicted octanol–water partition coefficient (Wildman–Crippen LogP) is 4.49. The van der Waals surface area contributed by atoms with E-state index in [9.17, 15) is 4.79 Å². The van der Waals surface area contributed by atoms with E-state index in [-0.39, 0.29) is 5.91 Å². The van der Waals surface area contributed by atoms with Crippen molar-refractivity contribution in [2.45, 2.75) is 51.6 Å². The van der Waals surface area contributed by atoms with E-state index in [1.165, 1.54) is 32.1 Å². The fourth-order valence-corrected chi connectivity index (χ4v) is 3.43. The fourth-order valence-electron chi connectivity index (χ4n) is 3.43. The molecule has 1 saturated carbocycles. The zero-order valence-electron chi connectivity index (χ0n) is 14.9. The van der Waals surface area contributed by atoms with Crippen LogP contribution in [0.2, 0.25) is 0 Å². The Balaban J connectivity index is 1.68. The van der Waals surface area contributed by atoms with Crippen LogP contribution in [0.3, 0.4) is 0 Å². The van der Waals surface area contributed by atoms with Crippen molar-refractivity contribution in [2.75, 3.05) is 11.9 Å². The molecule has 1 aliphatic rings. The van der Waals surface area contributed by atoms with Crippen molar-refractivity contribution in [1.82, 2.24) is 9.88 Å². The standard InChI is InChI=1S/C21H27N3O/c1-2-24(16-17-9-5-3-6-10-17)21(25)18-13-20(15-22-14-18)23-19-11-7-4-8-12-19/h3,5-6,9-10,13-15,19,23H,2,4,7-8,11-12,16H2,1H3. The van der Waals surface area contributed by atoms with Crippen LogP contribution in [0.4, 0.5) is 5.69 Å². The molecule has 1 heterocycles. The fraction of sp³-hybridized carbons (Fsp3) is 0.429. The van der Waals surface area contributed by atoms with Crippen molar-refractivity contribution < 1.29 is 4.79 Å². The van der Waals surface area contributed by atoms with E-state index in [0.29, 0.717) is 24.7 Å². The molecular weight excluding hydrogens is 310 g/mol. The van der Waals surface area contributed by atoms with Gasteiger partial charge in [0.05, 0.1) is 11.3 Å². The number of hydrogen-bond donors (Lipinski definition) is 1. The zero-order chi connectivity index (χ0) is 17.5. The van der Waals surface area contributed by atoms with E-state index in [4.69, 9.17) is 0 Å². The van der Waals surface area contributed by atoms with Crippen LogP contribution in [0.15, 0.2) is 48.8 Å². The van der Waals surface area contributed by atoms with Crippen molar-refractivity contribution in [3.8, 4) is 0 Å². The van der Waals surface area contributed by atoms with Gasteiger partial charge in [-0.25, -0.2) is 0 Å². The van der Waals surface area contributed by atoms with E-state index in [1.54, 1.807) is 6.20 Å². The van der Waals surface area contributed by atoms with Gasteiger partial charge in [0, 0.05) is 31.5 Å². The molecule has 1 amide bonds. The molecular formula is C21H27N3O. The zero-order valence-corrected chi connectivity index (χ0v) is 14.9. The van der Waals surface area contributed by atoms with Crippen LogP contribution in [0.1, 0.15) is 54.9 Å². The van der Waals surface area contributed by atoms with Gasteiger partial charge in [0.15, 0.2) is 0 Å². The lowest BCUT2D eigenvalue weighted by molar-refractivity contribution is 0.0752. The lowest BCUT2D eigenvalue weighted by atomic mass is 9.95. The number of pyridine rings is 1. The number of hydrogen-bond acceptors (Lipinski definition) is 3. The minimum Gasteiger partial charge on any atom is -0.381 e. The van der Waals surface area contributed by atoms with Gasteiger partial charge >= 0.3 is 0 Å². The van der Waals surface area contributed by atoms with E-state index in [1.807, 2.05) is 42.3 Å². The SMILES string of the molecule is CCN(Cc1ccccc1)C(=O)c1cncc(NC2CCCCC2)c1. The minimum atomic E-state index is 0.0335. The molecule has 25 heavy (non-hydrogen) atoms. The summed E-state index contributed by atoms with van der Waals surface area (Å²) in [7, 11) is 0. The Labute approximate surface area is 150 Å². The molecule has 0 saturated heterocycles. The molecule has 4 nitrogen and oxygen atoms in total. The van der Waals surface area contributed by atoms with Crippen molar-refractivity contribution in [3.63, 3.8) is 0 Å². The third-order valence-corrected chi connectivity index (χ3v) is 4.85. The summed E-state index contributed by atoms with van der Waals surface area (Å²) in [5.74, 6) is 0.0335. The summed E-state index contributed by atoms with van der Waals surface area (Å²) in [5.41, 5.74) is 2.74. The second-order valence-electron chi connectivity index (χ2n) is 6.75. The van der Waals surface area contributed by atoms with Gasteiger partial charge in [0.2, 0.25) is 0 Å². The first kappa shape index (κ1) is 17.5. The molecule has 3 rings (SSSR count). The maximum absolute atomic E-state index is 12.9. The Morgan fingerprint density at radius 1 is 1.16 bits per heavy atom. The van der Waals surface area contributed by atoms with E-state index >= 15 is 0 Å². The van der Waals surface area contributed by atoms with Crippen LogP contribution in [0.5, 0.6) is 0 Å². The number of anilines is 1. The van der Waals surface area contributed by atoms with Gasteiger partial charge in [-0.1, -0.05) is 49.6 Å². The molecule has 1 aromatic heterocycles. The van der Waals surface area contributed by atoms with Crippen LogP contribution in [0, 0.1) is 0 Å². The van der Waals surface area contributed by atoms with Gasteiger partial charge in [-0.2, -0.15) is 0 Å². The Morgan fingerprint density at radius 3 is 2.64 bits per heavy atom. The number of aromatic nitrogens is 1. The normalized spacial score (nSPS) is 14.9. The van der Waals surface area contributed by atoms with Crippen molar-refractivity contribution >= 4 is 11.6 Å². The van der Waals surface area contributed by atoms with Gasteiger partial charge in [-0.05, 0) is 31.4 Å². The molecule has 0 atom stereocenters. The third kappa shape index (κ3) is 4.81. The van der Waals surface area contributed by atoms with Crippen LogP contribution in [-0.4, -0.2) is 28.4 Å². The maximum atomic E-state index is 12.9. The number of benzene rings is 1. The Morgan fingerprint density at radius 2 is 1.92 bits per heavy atom. The van der Waals surface area contributed by atoms with E-state index in [0.717, 1.165) is 11.3 Å². The summed E-state index contributed by atoms with van der Waals surface area (Å²) in [4.78, 5) is 19.0. The Kier molecular flexibility index (Phi) is 6.04. The average molecular weight is 337 g/mol. The summed E-state index contributed by atoms with van der Waals surface area (Å²) < 4.78 is 0. The first-order chi connectivity index (χ1) is 12.3. The number of carbonyl (C=O) groups excluding carboxylic acids is 1. The highest BCUT2D eigenvalue weighted by molar-refractivity contribution is 5.94. The molecule has 1 aromatic carbocycles. The van der Waals surface area contributed by atoms with Crippen molar-refractivity contribution in [3.05, 3.63) is 59.9 Å². The van der Waals surface area contributed by atoms with Crippen molar-refractivity contribution in [2.24, 2.45) is 0 Å². The number of rotatable bonds is 6. The van der Waals surface area contributed by atoms with Crippen molar-refractivity contribution in [1.29, 1.82) is 0 Å². The van der Waals surface area contributed by atoms with Crippen LogP contribution < -0.4 is 5.32 Å². The molecule has 0 radical (unpaired) electrons. The highest BCUT2D eigenvalue weighted by Gasteiger charge is 2.17. The maximum Gasteiger partial charge on any atom is 0.255 e. The Hall–Kier alpha value is -2.36. The van der Waals surface area contributed by atoms with Gasteiger partial charge in [-0.3, -0.25) is 9.78 Å². The predicted molar refractivity (Wildman–Crippen MR) is 102 cm³/mol. The largest absolute Gasteiger partial charge is 0.381 e. The lowest BCUT2D eigenvalue weighted by Gasteiger charge is -2.24. The molecule has 1 N–H and O–H groups in total. The second-order valence-corrected chi connectivity index (χ2v) is 6.75. The molecule has 132 valence electrons. The van der Waals surface area contributed by atoms with E-state index in [2.05, 4.69) is 22.4 Å². The monoisotopic (exact) mass is 337 g/mol. The quantitative estimate of drug-likeness (QED) is 0.845. The van der Waals surface area contributed by atoms with Gasteiger partial charge in [-0.15, -0.1) is 0 Å². The van der Waals surface area contributed by atoms with Gasteiger partial charge in [0.25, 0.3) is 5.91 Å². The summed E-state index contributed by atoms with van der Waals surface area (Å²) in [6, 6.07) is 12.6. The first-order valence-electron chi connectivity index (χ1n) is 9.31. The lowest BCUT2D eigenvalue weighted by Crippen LogP contribution is -2.30. The second kappa shape index (κ2) is 8.65. The number of carbonyl (C=O) groups is 1. The number of amides is 1. The first-order valence-corrected chi connectivity index (χ1v) is 9.31. The molecule has 4 heteroatoms. The molecule has 0 aliphatic heterocycles. The van der Waals surface area contributed by atoms with Crippen LogP contribution >= 0.6 is 0 Å². The summed E-state index contributed by atoms with van der Waals surface area (Å²) >= 11 is 0. The minimum absolute atomic E-state index is 0.0335. The average Bonchev–Trinajstić information content (AvgIpc) is 2.67. The van der Waals surface area contributed by atoms with Crippen LogP contribution in [-0.2, 0) is 6.54 Å². The molecule has 1 aliphatic carbocycles. The highest BCUT2D eigenvalue weighted by atomic mass is 16.2. The van der Waals surface area contributed by atoms with Gasteiger partial charge < -0.3 is 10.2 Å². The third-order valence-electron chi connectivity index (χ3n) is 4.85. The molecule has 1 fully saturated rings. The van der Waals surface area contributed by atoms with Gasteiger partial charge in [0.1, 0.15) is 0 Å². The topological polar surface area (TPSA) is 45.2 Å². The summed E-state index contributed by atoms with van der Waals surface area (Å²) in [6.45, 7) is 3.31.